The number of rotatable bonds is 4. The number of carboxylic acids is 1. The maximum Gasteiger partial charge on any atom is 2.00 e. The van der Waals surface area contributed by atoms with Gasteiger partial charge in [-0.25, -0.2) is 0 Å². The third-order valence-corrected chi connectivity index (χ3v) is 1.59. The van der Waals surface area contributed by atoms with Crippen LogP contribution in [0.5, 0.6) is 0 Å². The normalized spacial score (nSPS) is 11.8. The Kier molecular flexibility index (Phi) is 9.58. The van der Waals surface area contributed by atoms with Gasteiger partial charge in [0.05, 0.1) is 0 Å². The van der Waals surface area contributed by atoms with Crippen molar-refractivity contribution in [3.05, 3.63) is 0 Å². The second kappa shape index (κ2) is 7.41. The van der Waals surface area contributed by atoms with Crippen molar-refractivity contribution in [2.24, 2.45) is 5.73 Å². The molecule has 0 aromatic carbocycles. The summed E-state index contributed by atoms with van der Waals surface area (Å²) in [5, 5.41) is 8.27. The van der Waals surface area contributed by atoms with Crippen LogP contribution in [-0.4, -0.2) is 29.1 Å². The number of carboxylic acid groups (broad SMARTS) is 1. The number of thioether (sulfide) groups is 1. The molecule has 1 radical (unpaired) electrons. The van der Waals surface area contributed by atoms with Gasteiger partial charge in [0.1, 0.15) is 6.04 Å². The Hall–Kier alpha value is 0.299. The minimum atomic E-state index is -0.913. The summed E-state index contributed by atoms with van der Waals surface area (Å²) in [6.45, 7) is 0. The smallest absolute Gasteiger partial charge is 0.480 e. The third-order valence-electron chi connectivity index (χ3n) is 0.950. The summed E-state index contributed by atoms with van der Waals surface area (Å²) in [6, 6.07) is -0.683. The van der Waals surface area contributed by atoms with Gasteiger partial charge < -0.3 is 10.8 Å². The summed E-state index contributed by atoms with van der Waals surface area (Å²) in [5.41, 5.74) is 5.19. The van der Waals surface area contributed by atoms with Crippen molar-refractivity contribution in [2.75, 3.05) is 12.0 Å². The SMILES string of the molecule is CSCCC(N)C(=O)O.[Mn+2]. The minimum absolute atomic E-state index is 0. The molecule has 10 heavy (non-hydrogen) atoms. The van der Waals surface area contributed by atoms with Gasteiger partial charge in [0, 0.05) is 0 Å². The Morgan fingerprint density at radius 1 is 1.80 bits per heavy atom. The summed E-state index contributed by atoms with van der Waals surface area (Å²) < 4.78 is 0. The van der Waals surface area contributed by atoms with Crippen LogP contribution in [0.3, 0.4) is 0 Å². The number of nitrogens with two attached hydrogens (primary N) is 1. The summed E-state index contributed by atoms with van der Waals surface area (Å²) in [4.78, 5) is 10.1. The van der Waals surface area contributed by atoms with Crippen LogP contribution in [0.25, 0.3) is 0 Å². The van der Waals surface area contributed by atoms with E-state index in [0.29, 0.717) is 6.42 Å². The van der Waals surface area contributed by atoms with Crippen LogP contribution >= 0.6 is 11.8 Å². The number of hydrogen-bond acceptors (Lipinski definition) is 3. The van der Waals surface area contributed by atoms with Crippen LogP contribution in [0.4, 0.5) is 0 Å². The van der Waals surface area contributed by atoms with Gasteiger partial charge in [-0.1, -0.05) is 0 Å². The maximum atomic E-state index is 10.1. The van der Waals surface area contributed by atoms with E-state index in [1.54, 1.807) is 11.8 Å². The van der Waals surface area contributed by atoms with Gasteiger partial charge in [0.2, 0.25) is 0 Å². The molecule has 0 heterocycles. The van der Waals surface area contributed by atoms with E-state index in [4.69, 9.17) is 10.8 Å². The van der Waals surface area contributed by atoms with Crippen molar-refractivity contribution in [3.63, 3.8) is 0 Å². The minimum Gasteiger partial charge on any atom is -0.480 e. The molecule has 0 rings (SSSR count). The molecule has 0 saturated heterocycles. The zero-order valence-electron chi connectivity index (χ0n) is 5.71. The zero-order valence-corrected chi connectivity index (χ0v) is 7.71. The molecule has 0 saturated carbocycles. The molecule has 0 aromatic heterocycles. The second-order valence-corrected chi connectivity index (χ2v) is 2.71. The van der Waals surface area contributed by atoms with Gasteiger partial charge in [-0.3, -0.25) is 4.79 Å². The third kappa shape index (κ3) is 6.42. The predicted octanol–water partition coefficient (Wildman–Crippen LogP) is 0.149. The summed E-state index contributed by atoms with van der Waals surface area (Å²) >= 11 is 1.60. The van der Waals surface area contributed by atoms with Crippen molar-refractivity contribution in [2.45, 2.75) is 12.5 Å². The Bertz CT molecular complexity index is 102. The van der Waals surface area contributed by atoms with E-state index >= 15 is 0 Å². The summed E-state index contributed by atoms with van der Waals surface area (Å²) in [6.07, 6.45) is 2.48. The van der Waals surface area contributed by atoms with Crippen molar-refractivity contribution >= 4 is 17.7 Å². The molecule has 1 atom stereocenters. The topological polar surface area (TPSA) is 63.3 Å². The van der Waals surface area contributed by atoms with Crippen LogP contribution in [0.2, 0.25) is 0 Å². The quantitative estimate of drug-likeness (QED) is 0.640. The molecule has 0 aliphatic heterocycles. The van der Waals surface area contributed by atoms with E-state index in [2.05, 4.69) is 0 Å². The fraction of sp³-hybridized carbons (Fsp3) is 0.800. The largest absolute Gasteiger partial charge is 2.00 e. The van der Waals surface area contributed by atoms with Gasteiger partial charge in [0.25, 0.3) is 0 Å². The molecule has 0 spiro atoms. The van der Waals surface area contributed by atoms with Gasteiger partial charge in [-0.2, -0.15) is 11.8 Å². The second-order valence-electron chi connectivity index (χ2n) is 1.73. The molecule has 3 N–H and O–H groups in total. The Balaban J connectivity index is 0. The molecule has 3 nitrogen and oxygen atoms in total. The van der Waals surface area contributed by atoms with Gasteiger partial charge in [-0.15, -0.1) is 0 Å². The van der Waals surface area contributed by atoms with Gasteiger partial charge in [-0.05, 0) is 18.4 Å². The van der Waals surface area contributed by atoms with Crippen LogP contribution in [-0.2, 0) is 21.9 Å². The van der Waals surface area contributed by atoms with E-state index in [1.807, 2.05) is 6.26 Å². The van der Waals surface area contributed by atoms with Gasteiger partial charge in [0.15, 0.2) is 0 Å². The summed E-state index contributed by atoms with van der Waals surface area (Å²) in [5.74, 6) is -0.1000. The molecule has 0 aliphatic rings. The maximum absolute atomic E-state index is 10.1. The van der Waals surface area contributed by atoms with E-state index in [0.717, 1.165) is 5.75 Å². The van der Waals surface area contributed by atoms with Gasteiger partial charge >= 0.3 is 23.0 Å². The Morgan fingerprint density at radius 2 is 2.30 bits per heavy atom. The Labute approximate surface area is 75.2 Å². The molecule has 0 aromatic rings. The van der Waals surface area contributed by atoms with E-state index in [1.165, 1.54) is 0 Å². The van der Waals surface area contributed by atoms with Crippen LogP contribution in [0.15, 0.2) is 0 Å². The van der Waals surface area contributed by atoms with E-state index in [9.17, 15) is 4.79 Å². The number of hydrogen-bond donors (Lipinski definition) is 2. The predicted molar refractivity (Wildman–Crippen MR) is 38.6 cm³/mol. The molecule has 5 heteroatoms. The first-order chi connectivity index (χ1) is 4.18. The monoisotopic (exact) mass is 204 g/mol. The standard InChI is InChI=1S/C5H11NO2S.Mn/c1-9-3-2-4(6)5(7)8;/h4H,2-3,6H2,1H3,(H,7,8);/q;+2. The summed E-state index contributed by atoms with van der Waals surface area (Å²) in [7, 11) is 0. The van der Waals surface area contributed by atoms with Crippen molar-refractivity contribution in [1.29, 1.82) is 0 Å². The molecule has 0 amide bonds. The average molecular weight is 204 g/mol. The average Bonchev–Trinajstić information content (AvgIpc) is 1.82. The molecule has 59 valence electrons. The first-order valence-electron chi connectivity index (χ1n) is 2.65. The number of aliphatic carboxylic acids is 1. The molecule has 0 aliphatic carbocycles. The van der Waals surface area contributed by atoms with Crippen LogP contribution in [0.1, 0.15) is 6.42 Å². The molecule has 0 bridgehead atoms. The Morgan fingerprint density at radius 3 is 2.60 bits per heavy atom. The molecule has 1 unspecified atom stereocenters. The van der Waals surface area contributed by atoms with E-state index < -0.39 is 12.0 Å². The molecular weight excluding hydrogens is 193 g/mol. The van der Waals surface area contributed by atoms with Crippen molar-refractivity contribution in [3.8, 4) is 0 Å². The van der Waals surface area contributed by atoms with Crippen molar-refractivity contribution < 1.29 is 27.0 Å². The first-order valence-corrected chi connectivity index (χ1v) is 4.05. The molecule has 0 fully saturated rings. The van der Waals surface area contributed by atoms with Crippen molar-refractivity contribution in [1.82, 2.24) is 0 Å². The van der Waals surface area contributed by atoms with E-state index in [-0.39, 0.29) is 17.1 Å². The molecular formula is C5H11MnNO2S+2. The fourth-order valence-electron chi connectivity index (χ4n) is 0.368. The zero-order chi connectivity index (χ0) is 7.28. The van der Waals surface area contributed by atoms with Crippen LogP contribution < -0.4 is 5.73 Å². The van der Waals surface area contributed by atoms with Crippen LogP contribution in [0, 0.1) is 0 Å². The number of carbonyl (C=O) groups is 1. The first kappa shape index (κ1) is 12.9. The fourth-order valence-corrected chi connectivity index (χ4v) is 0.858.